The number of amides is 1. The molecule has 1 aliphatic heterocycles. The average molecular weight is 293 g/mol. The highest BCUT2D eigenvalue weighted by Crippen LogP contribution is 2.25. The number of aryl methyl sites for hydroxylation is 1. The van der Waals surface area contributed by atoms with E-state index in [0.29, 0.717) is 6.42 Å². The van der Waals surface area contributed by atoms with Gasteiger partial charge in [0.1, 0.15) is 5.78 Å². The number of hydrogen-bond donors (Lipinski definition) is 0. The summed E-state index contributed by atoms with van der Waals surface area (Å²) in [4.78, 5) is 28.1. The maximum absolute atomic E-state index is 12.7. The van der Waals surface area contributed by atoms with Crippen LogP contribution in [-0.2, 0) is 11.2 Å². The summed E-state index contributed by atoms with van der Waals surface area (Å²) in [7, 11) is 0. The lowest BCUT2D eigenvalue weighted by molar-refractivity contribution is -0.118. The third-order valence-corrected chi connectivity index (χ3v) is 5.10. The number of carbonyl (C=O) groups excluding carboxylic acids is 2. The first-order valence-electron chi connectivity index (χ1n) is 7.51. The predicted octanol–water partition coefficient (Wildman–Crippen LogP) is 3.67. The molecule has 0 N–H and O–H groups in total. The van der Waals surface area contributed by atoms with Crippen LogP contribution in [0.3, 0.4) is 0 Å². The Balaban J connectivity index is 2.16. The molecule has 0 aromatic carbocycles. The lowest BCUT2D eigenvalue weighted by atomic mass is 10.0. The Bertz CT molecular complexity index is 481. The smallest absolute Gasteiger partial charge is 0.264 e. The van der Waals surface area contributed by atoms with Crippen molar-refractivity contribution in [1.82, 2.24) is 4.90 Å². The Labute approximate surface area is 125 Å². The molecule has 1 amide bonds. The zero-order valence-corrected chi connectivity index (χ0v) is 13.2. The van der Waals surface area contributed by atoms with Crippen LogP contribution >= 0.6 is 11.3 Å². The Hall–Kier alpha value is -1.16. The van der Waals surface area contributed by atoms with Crippen LogP contribution in [0.25, 0.3) is 0 Å². The van der Waals surface area contributed by atoms with Crippen LogP contribution in [0.15, 0.2) is 12.1 Å². The zero-order valence-electron chi connectivity index (χ0n) is 12.4. The second-order valence-electron chi connectivity index (χ2n) is 5.53. The predicted molar refractivity (Wildman–Crippen MR) is 82.3 cm³/mol. The summed E-state index contributed by atoms with van der Waals surface area (Å²) in [5.74, 6) is 0.290. The number of ketones is 1. The fourth-order valence-corrected chi connectivity index (χ4v) is 3.72. The van der Waals surface area contributed by atoms with Gasteiger partial charge in [-0.25, -0.2) is 0 Å². The first-order valence-corrected chi connectivity index (χ1v) is 8.32. The standard InChI is InChI=1S/C16H23NO2S/c1-3-14-8-9-15(20-14)16(19)17-10-6-4-5-7-13(17)11-12(2)18/h8-9,13H,3-7,10-11H2,1-2H3. The van der Waals surface area contributed by atoms with Crippen LogP contribution in [0.5, 0.6) is 0 Å². The monoisotopic (exact) mass is 293 g/mol. The number of rotatable bonds is 4. The first-order chi connectivity index (χ1) is 9.61. The minimum atomic E-state index is 0.0923. The van der Waals surface area contributed by atoms with Crippen LogP contribution in [0, 0.1) is 0 Å². The van der Waals surface area contributed by atoms with Gasteiger partial charge in [0, 0.05) is 23.9 Å². The molecule has 1 aliphatic rings. The molecular formula is C16H23NO2S. The molecule has 1 atom stereocenters. The highest BCUT2D eigenvalue weighted by atomic mass is 32.1. The van der Waals surface area contributed by atoms with E-state index in [-0.39, 0.29) is 17.7 Å². The average Bonchev–Trinajstić information content (AvgIpc) is 2.79. The quantitative estimate of drug-likeness (QED) is 0.849. The number of likely N-dealkylation sites (tertiary alicyclic amines) is 1. The molecule has 20 heavy (non-hydrogen) atoms. The Kier molecular flexibility index (Phi) is 5.35. The largest absolute Gasteiger partial charge is 0.335 e. The van der Waals surface area contributed by atoms with Gasteiger partial charge < -0.3 is 4.90 Å². The minimum absolute atomic E-state index is 0.0923. The van der Waals surface area contributed by atoms with E-state index in [1.807, 2.05) is 17.0 Å². The second kappa shape index (κ2) is 7.02. The van der Waals surface area contributed by atoms with E-state index in [9.17, 15) is 9.59 Å². The molecule has 1 saturated heterocycles. The van der Waals surface area contributed by atoms with Crippen LogP contribution in [0.4, 0.5) is 0 Å². The van der Waals surface area contributed by atoms with Crippen LogP contribution in [0.1, 0.15) is 60.5 Å². The summed E-state index contributed by atoms with van der Waals surface area (Å²) >= 11 is 1.59. The highest BCUT2D eigenvalue weighted by Gasteiger charge is 2.27. The van der Waals surface area contributed by atoms with E-state index in [2.05, 4.69) is 6.92 Å². The van der Waals surface area contributed by atoms with E-state index in [4.69, 9.17) is 0 Å². The number of nitrogens with zero attached hydrogens (tertiary/aromatic N) is 1. The number of carbonyl (C=O) groups is 2. The maximum Gasteiger partial charge on any atom is 0.264 e. The van der Waals surface area contributed by atoms with E-state index < -0.39 is 0 Å². The van der Waals surface area contributed by atoms with Crippen molar-refractivity contribution in [3.63, 3.8) is 0 Å². The summed E-state index contributed by atoms with van der Waals surface area (Å²) in [5.41, 5.74) is 0. The van der Waals surface area contributed by atoms with Crippen molar-refractivity contribution in [1.29, 1.82) is 0 Å². The summed E-state index contributed by atoms with van der Waals surface area (Å²) in [6.45, 7) is 4.51. The van der Waals surface area contributed by atoms with Crippen molar-refractivity contribution in [3.05, 3.63) is 21.9 Å². The summed E-state index contributed by atoms with van der Waals surface area (Å²) < 4.78 is 0. The molecule has 0 spiro atoms. The minimum Gasteiger partial charge on any atom is -0.335 e. The molecule has 1 fully saturated rings. The fraction of sp³-hybridized carbons (Fsp3) is 0.625. The summed E-state index contributed by atoms with van der Waals surface area (Å²) in [6.07, 6.45) is 5.74. The summed E-state index contributed by atoms with van der Waals surface area (Å²) in [6, 6.07) is 4.06. The van der Waals surface area contributed by atoms with Crippen molar-refractivity contribution in [3.8, 4) is 0 Å². The van der Waals surface area contributed by atoms with Gasteiger partial charge in [-0.2, -0.15) is 0 Å². The second-order valence-corrected chi connectivity index (χ2v) is 6.70. The normalized spacial score (nSPS) is 19.7. The number of thiophene rings is 1. The molecule has 1 aromatic heterocycles. The first kappa shape index (κ1) is 15.2. The lowest BCUT2D eigenvalue weighted by Gasteiger charge is -2.29. The zero-order chi connectivity index (χ0) is 14.5. The molecule has 0 aliphatic carbocycles. The third-order valence-electron chi connectivity index (χ3n) is 3.88. The van der Waals surface area contributed by atoms with Gasteiger partial charge in [0.15, 0.2) is 0 Å². The van der Waals surface area contributed by atoms with Gasteiger partial charge in [-0.1, -0.05) is 19.8 Å². The highest BCUT2D eigenvalue weighted by molar-refractivity contribution is 7.14. The maximum atomic E-state index is 12.7. The van der Waals surface area contributed by atoms with E-state index >= 15 is 0 Å². The third kappa shape index (κ3) is 3.69. The van der Waals surface area contributed by atoms with Crippen molar-refractivity contribution in [2.45, 2.75) is 58.4 Å². The molecule has 110 valence electrons. The van der Waals surface area contributed by atoms with Crippen molar-refractivity contribution in [2.24, 2.45) is 0 Å². The van der Waals surface area contributed by atoms with Crippen molar-refractivity contribution in [2.75, 3.05) is 6.54 Å². The van der Waals surface area contributed by atoms with Gasteiger partial charge in [-0.3, -0.25) is 9.59 Å². The Morgan fingerprint density at radius 2 is 2.10 bits per heavy atom. The Morgan fingerprint density at radius 3 is 2.75 bits per heavy atom. The SMILES string of the molecule is CCc1ccc(C(=O)N2CCCCCC2CC(C)=O)s1. The number of Topliss-reactive ketones (excluding diaryl/α,β-unsaturated/α-hetero) is 1. The van der Waals surface area contributed by atoms with Gasteiger partial charge in [0.05, 0.1) is 4.88 Å². The molecule has 1 unspecified atom stereocenters. The van der Waals surface area contributed by atoms with Gasteiger partial charge in [0.2, 0.25) is 0 Å². The number of hydrogen-bond acceptors (Lipinski definition) is 3. The molecule has 2 rings (SSSR count). The molecule has 0 saturated carbocycles. The molecule has 3 nitrogen and oxygen atoms in total. The Morgan fingerprint density at radius 1 is 1.30 bits per heavy atom. The molecule has 0 radical (unpaired) electrons. The van der Waals surface area contributed by atoms with Crippen molar-refractivity contribution >= 4 is 23.0 Å². The van der Waals surface area contributed by atoms with Crippen LogP contribution in [0.2, 0.25) is 0 Å². The molecule has 4 heteroatoms. The van der Waals surface area contributed by atoms with E-state index in [1.54, 1.807) is 18.3 Å². The topological polar surface area (TPSA) is 37.4 Å². The van der Waals surface area contributed by atoms with E-state index in [0.717, 1.165) is 43.5 Å². The van der Waals surface area contributed by atoms with Gasteiger partial charge in [-0.05, 0) is 38.3 Å². The van der Waals surface area contributed by atoms with E-state index in [1.165, 1.54) is 4.88 Å². The van der Waals surface area contributed by atoms with Gasteiger partial charge >= 0.3 is 0 Å². The molecule has 0 bridgehead atoms. The van der Waals surface area contributed by atoms with Crippen LogP contribution < -0.4 is 0 Å². The molecular weight excluding hydrogens is 270 g/mol. The molecule has 1 aromatic rings. The fourth-order valence-electron chi connectivity index (χ4n) is 2.81. The lowest BCUT2D eigenvalue weighted by Crippen LogP contribution is -2.40. The van der Waals surface area contributed by atoms with Gasteiger partial charge in [-0.15, -0.1) is 11.3 Å². The van der Waals surface area contributed by atoms with Crippen LogP contribution in [-0.4, -0.2) is 29.2 Å². The van der Waals surface area contributed by atoms with Crippen molar-refractivity contribution < 1.29 is 9.59 Å². The van der Waals surface area contributed by atoms with Gasteiger partial charge in [0.25, 0.3) is 5.91 Å². The molecule has 2 heterocycles. The summed E-state index contributed by atoms with van der Waals surface area (Å²) in [5, 5.41) is 0.